The summed E-state index contributed by atoms with van der Waals surface area (Å²) < 4.78 is 0. The molecule has 5 heteroatoms. The number of hydrogen-bond donors (Lipinski definition) is 3. The van der Waals surface area contributed by atoms with E-state index in [1.54, 1.807) is 0 Å². The van der Waals surface area contributed by atoms with E-state index < -0.39 is 6.03 Å². The first kappa shape index (κ1) is 17.9. The molecule has 1 unspecified atom stereocenters. The number of urea groups is 1. The SMILES string of the molecule is CSCCCCCCNC(C)c1ccc(NC(N)=O)cc1. The molecule has 0 radical (unpaired) electrons. The van der Waals surface area contributed by atoms with Gasteiger partial charge in [0, 0.05) is 11.7 Å². The molecule has 0 aliphatic heterocycles. The molecule has 21 heavy (non-hydrogen) atoms. The third-order valence-electron chi connectivity index (χ3n) is 3.40. The van der Waals surface area contributed by atoms with E-state index in [2.05, 4.69) is 23.8 Å². The molecule has 0 bridgehead atoms. The lowest BCUT2D eigenvalue weighted by Crippen LogP contribution is -2.20. The minimum absolute atomic E-state index is 0.318. The lowest BCUT2D eigenvalue weighted by atomic mass is 10.1. The van der Waals surface area contributed by atoms with E-state index in [9.17, 15) is 4.79 Å². The van der Waals surface area contributed by atoms with Crippen LogP contribution in [0.15, 0.2) is 24.3 Å². The zero-order valence-electron chi connectivity index (χ0n) is 13.0. The summed E-state index contributed by atoms with van der Waals surface area (Å²) in [5.74, 6) is 1.27. The average Bonchev–Trinajstić information content (AvgIpc) is 2.46. The molecule has 4 N–H and O–H groups in total. The molecule has 2 amide bonds. The molecule has 0 fully saturated rings. The molecule has 4 nitrogen and oxygen atoms in total. The Morgan fingerprint density at radius 2 is 1.86 bits per heavy atom. The summed E-state index contributed by atoms with van der Waals surface area (Å²) >= 11 is 1.92. The molecule has 118 valence electrons. The fourth-order valence-electron chi connectivity index (χ4n) is 2.16. The highest BCUT2D eigenvalue weighted by molar-refractivity contribution is 7.98. The number of nitrogens with one attached hydrogen (secondary N) is 2. The van der Waals surface area contributed by atoms with Crippen molar-refractivity contribution in [2.75, 3.05) is 23.9 Å². The molecular formula is C16H27N3OS. The van der Waals surface area contributed by atoms with Crippen molar-refractivity contribution in [2.24, 2.45) is 5.73 Å². The van der Waals surface area contributed by atoms with E-state index >= 15 is 0 Å². The average molecular weight is 309 g/mol. The fraction of sp³-hybridized carbons (Fsp3) is 0.562. The predicted molar refractivity (Wildman–Crippen MR) is 92.9 cm³/mol. The fourth-order valence-corrected chi connectivity index (χ4v) is 2.65. The van der Waals surface area contributed by atoms with Crippen LogP contribution in [0.3, 0.4) is 0 Å². The maximum atomic E-state index is 10.8. The number of carbonyl (C=O) groups is 1. The van der Waals surface area contributed by atoms with Gasteiger partial charge in [-0.25, -0.2) is 4.79 Å². The molecular weight excluding hydrogens is 282 g/mol. The first-order chi connectivity index (χ1) is 10.1. The molecule has 1 atom stereocenters. The molecule has 1 aromatic rings. The van der Waals surface area contributed by atoms with Crippen LogP contribution < -0.4 is 16.4 Å². The molecule has 0 aliphatic carbocycles. The van der Waals surface area contributed by atoms with Gasteiger partial charge < -0.3 is 16.4 Å². The number of amides is 2. The van der Waals surface area contributed by atoms with E-state index in [0.29, 0.717) is 6.04 Å². The minimum Gasteiger partial charge on any atom is -0.351 e. The number of thioether (sulfide) groups is 1. The van der Waals surface area contributed by atoms with E-state index in [1.807, 2.05) is 36.0 Å². The number of primary amides is 1. The first-order valence-electron chi connectivity index (χ1n) is 7.52. The highest BCUT2D eigenvalue weighted by atomic mass is 32.2. The van der Waals surface area contributed by atoms with Crippen molar-refractivity contribution in [2.45, 2.75) is 38.6 Å². The zero-order chi connectivity index (χ0) is 15.5. The minimum atomic E-state index is -0.532. The van der Waals surface area contributed by atoms with Gasteiger partial charge >= 0.3 is 6.03 Å². The van der Waals surface area contributed by atoms with Crippen molar-refractivity contribution in [3.8, 4) is 0 Å². The van der Waals surface area contributed by atoms with Crippen LogP contribution in [0.1, 0.15) is 44.2 Å². The summed E-state index contributed by atoms with van der Waals surface area (Å²) in [7, 11) is 0. The van der Waals surface area contributed by atoms with Crippen LogP contribution in [-0.2, 0) is 0 Å². The second kappa shape index (κ2) is 10.5. The van der Waals surface area contributed by atoms with Crippen LogP contribution >= 0.6 is 11.8 Å². The summed E-state index contributed by atoms with van der Waals surface area (Å²) in [4.78, 5) is 10.8. The predicted octanol–water partition coefficient (Wildman–Crippen LogP) is 3.75. The van der Waals surface area contributed by atoms with Crippen LogP contribution in [0.4, 0.5) is 10.5 Å². The van der Waals surface area contributed by atoms with Gasteiger partial charge in [-0.1, -0.05) is 25.0 Å². The Balaban J connectivity index is 2.22. The van der Waals surface area contributed by atoms with Gasteiger partial charge in [0.25, 0.3) is 0 Å². The molecule has 0 spiro atoms. The Bertz CT molecular complexity index is 408. The number of anilines is 1. The van der Waals surface area contributed by atoms with E-state index in [1.165, 1.54) is 37.0 Å². The number of benzene rings is 1. The normalized spacial score (nSPS) is 12.1. The number of nitrogens with two attached hydrogens (primary N) is 1. The number of unbranched alkanes of at least 4 members (excludes halogenated alkanes) is 3. The van der Waals surface area contributed by atoms with Crippen LogP contribution in [0.5, 0.6) is 0 Å². The Labute approximate surface area is 132 Å². The molecule has 0 saturated heterocycles. The van der Waals surface area contributed by atoms with Crippen molar-refractivity contribution in [1.82, 2.24) is 5.32 Å². The van der Waals surface area contributed by atoms with Gasteiger partial charge in [0.1, 0.15) is 0 Å². The van der Waals surface area contributed by atoms with Crippen molar-refractivity contribution in [3.63, 3.8) is 0 Å². The number of rotatable bonds is 10. The maximum Gasteiger partial charge on any atom is 0.316 e. The van der Waals surface area contributed by atoms with Crippen molar-refractivity contribution in [3.05, 3.63) is 29.8 Å². The highest BCUT2D eigenvalue weighted by Crippen LogP contribution is 2.16. The lowest BCUT2D eigenvalue weighted by molar-refractivity contribution is 0.259. The van der Waals surface area contributed by atoms with Gasteiger partial charge in [0.15, 0.2) is 0 Å². The summed E-state index contributed by atoms with van der Waals surface area (Å²) in [5.41, 5.74) is 7.03. The highest BCUT2D eigenvalue weighted by Gasteiger charge is 2.04. The monoisotopic (exact) mass is 309 g/mol. The van der Waals surface area contributed by atoms with Crippen LogP contribution in [0.2, 0.25) is 0 Å². The molecule has 0 saturated carbocycles. The van der Waals surface area contributed by atoms with E-state index in [4.69, 9.17) is 5.73 Å². The van der Waals surface area contributed by atoms with Crippen molar-refractivity contribution < 1.29 is 4.79 Å². The van der Waals surface area contributed by atoms with Gasteiger partial charge in [-0.05, 0) is 56.0 Å². The van der Waals surface area contributed by atoms with Gasteiger partial charge in [0.05, 0.1) is 0 Å². The van der Waals surface area contributed by atoms with Crippen LogP contribution in [0.25, 0.3) is 0 Å². The smallest absolute Gasteiger partial charge is 0.316 e. The van der Waals surface area contributed by atoms with E-state index in [0.717, 1.165) is 12.2 Å². The largest absolute Gasteiger partial charge is 0.351 e. The molecule has 0 aliphatic rings. The van der Waals surface area contributed by atoms with Gasteiger partial charge in [-0.2, -0.15) is 11.8 Å². The lowest BCUT2D eigenvalue weighted by Gasteiger charge is -2.14. The van der Waals surface area contributed by atoms with E-state index in [-0.39, 0.29) is 0 Å². The van der Waals surface area contributed by atoms with Crippen molar-refractivity contribution >= 4 is 23.5 Å². The Morgan fingerprint density at radius 1 is 1.19 bits per heavy atom. The second-order valence-electron chi connectivity index (χ2n) is 5.19. The summed E-state index contributed by atoms with van der Waals surface area (Å²) in [6.07, 6.45) is 7.32. The summed E-state index contributed by atoms with van der Waals surface area (Å²) in [6, 6.07) is 7.57. The first-order valence-corrected chi connectivity index (χ1v) is 8.91. The van der Waals surface area contributed by atoms with Gasteiger partial charge in [-0.15, -0.1) is 0 Å². The number of hydrogen-bond acceptors (Lipinski definition) is 3. The van der Waals surface area contributed by atoms with Crippen molar-refractivity contribution in [1.29, 1.82) is 0 Å². The Hall–Kier alpha value is -1.20. The third kappa shape index (κ3) is 7.97. The zero-order valence-corrected chi connectivity index (χ0v) is 13.8. The molecule has 1 aromatic carbocycles. The Kier molecular flexibility index (Phi) is 8.94. The molecule has 0 aromatic heterocycles. The number of carbonyl (C=O) groups excluding carboxylic acids is 1. The molecule has 0 heterocycles. The third-order valence-corrected chi connectivity index (χ3v) is 4.10. The van der Waals surface area contributed by atoms with Crippen LogP contribution in [-0.4, -0.2) is 24.6 Å². The maximum absolute atomic E-state index is 10.8. The standard InChI is InChI=1S/C16H27N3OS/c1-13(18-11-5-3-4-6-12-21-2)14-7-9-15(10-8-14)19-16(17)20/h7-10,13,18H,3-6,11-12H2,1-2H3,(H3,17,19,20). The topological polar surface area (TPSA) is 67.2 Å². The summed E-state index contributed by atoms with van der Waals surface area (Å²) in [5, 5.41) is 6.10. The Morgan fingerprint density at radius 3 is 2.48 bits per heavy atom. The molecule has 1 rings (SSSR count). The van der Waals surface area contributed by atoms with Gasteiger partial charge in [-0.3, -0.25) is 0 Å². The van der Waals surface area contributed by atoms with Gasteiger partial charge in [0.2, 0.25) is 0 Å². The van der Waals surface area contributed by atoms with Crippen LogP contribution in [0, 0.1) is 0 Å². The second-order valence-corrected chi connectivity index (χ2v) is 6.18. The summed E-state index contributed by atoms with van der Waals surface area (Å²) in [6.45, 7) is 3.20. The quantitative estimate of drug-likeness (QED) is 0.577.